The molecule has 0 aromatic heterocycles. The van der Waals surface area contributed by atoms with Gasteiger partial charge in [-0.05, 0) is 31.5 Å². The zero-order valence-corrected chi connectivity index (χ0v) is 8.50. The van der Waals surface area contributed by atoms with Crippen molar-refractivity contribution in [3.63, 3.8) is 0 Å². The third kappa shape index (κ3) is 1.68. The summed E-state index contributed by atoms with van der Waals surface area (Å²) in [6.07, 6.45) is 0. The summed E-state index contributed by atoms with van der Waals surface area (Å²) in [5.41, 5.74) is 1.83. The molecule has 1 aliphatic heterocycles. The van der Waals surface area contributed by atoms with E-state index in [4.69, 9.17) is 9.84 Å². The van der Waals surface area contributed by atoms with E-state index in [-0.39, 0.29) is 12.1 Å². The minimum Gasteiger partial charge on any atom is -0.489 e. The smallest absolute Gasteiger partial charge is 0.142 e. The molecule has 14 heavy (non-hydrogen) atoms. The second kappa shape index (κ2) is 3.17. The zero-order valence-electron chi connectivity index (χ0n) is 8.50. The van der Waals surface area contributed by atoms with Crippen LogP contribution in [-0.4, -0.2) is 17.3 Å². The second-order valence-corrected chi connectivity index (χ2v) is 4.29. The highest BCUT2D eigenvalue weighted by molar-refractivity contribution is 5.60. The highest BCUT2D eigenvalue weighted by Gasteiger charge is 2.25. The summed E-state index contributed by atoms with van der Waals surface area (Å²) in [5, 5.41) is 12.4. The Labute approximate surface area is 83.7 Å². The minimum absolute atomic E-state index is 0.0406. The fourth-order valence-corrected chi connectivity index (χ4v) is 1.56. The number of nitrogens with one attached hydrogen (secondary N) is 1. The molecule has 0 amide bonds. The summed E-state index contributed by atoms with van der Waals surface area (Å²) in [4.78, 5) is 0. The molecule has 0 radical (unpaired) electrons. The van der Waals surface area contributed by atoms with Crippen LogP contribution in [0.15, 0.2) is 18.2 Å². The lowest BCUT2D eigenvalue weighted by atomic mass is 10.0. The van der Waals surface area contributed by atoms with Crippen LogP contribution in [0.1, 0.15) is 19.4 Å². The first-order chi connectivity index (χ1) is 6.61. The van der Waals surface area contributed by atoms with Crippen LogP contribution in [0.25, 0.3) is 0 Å². The normalized spacial score (nSPS) is 17.9. The van der Waals surface area contributed by atoms with Crippen molar-refractivity contribution >= 4 is 5.69 Å². The molecule has 0 aliphatic carbocycles. The van der Waals surface area contributed by atoms with Gasteiger partial charge in [0.25, 0.3) is 0 Å². The summed E-state index contributed by atoms with van der Waals surface area (Å²) in [7, 11) is 0. The summed E-state index contributed by atoms with van der Waals surface area (Å²) < 4.78 is 5.59. The molecule has 0 spiro atoms. The highest BCUT2D eigenvalue weighted by atomic mass is 16.5. The van der Waals surface area contributed by atoms with Crippen molar-refractivity contribution in [1.82, 2.24) is 0 Å². The first kappa shape index (κ1) is 9.34. The number of rotatable bonds is 1. The van der Waals surface area contributed by atoms with Gasteiger partial charge in [-0.25, -0.2) is 0 Å². The Bertz CT molecular complexity index is 347. The highest BCUT2D eigenvalue weighted by Crippen LogP contribution is 2.32. The monoisotopic (exact) mass is 193 g/mol. The summed E-state index contributed by atoms with van der Waals surface area (Å²) in [6.45, 7) is 4.90. The average Bonchev–Trinajstić information content (AvgIpc) is 2.15. The van der Waals surface area contributed by atoms with Crippen molar-refractivity contribution in [2.24, 2.45) is 0 Å². The molecular formula is C11H15NO2. The van der Waals surface area contributed by atoms with Gasteiger partial charge in [0.2, 0.25) is 0 Å². The van der Waals surface area contributed by atoms with Gasteiger partial charge in [-0.2, -0.15) is 0 Å². The molecule has 0 bridgehead atoms. The number of aliphatic hydroxyl groups excluding tert-OH is 1. The van der Waals surface area contributed by atoms with Gasteiger partial charge >= 0.3 is 0 Å². The Hall–Kier alpha value is -1.22. The maximum Gasteiger partial charge on any atom is 0.142 e. The molecule has 1 aromatic carbocycles. The number of ether oxygens (including phenoxy) is 1. The molecule has 2 rings (SSSR count). The molecule has 2 N–H and O–H groups in total. The zero-order chi connectivity index (χ0) is 10.2. The van der Waals surface area contributed by atoms with Gasteiger partial charge in [-0.1, -0.05) is 6.07 Å². The van der Waals surface area contributed by atoms with Gasteiger partial charge in [0, 0.05) is 0 Å². The summed E-state index contributed by atoms with van der Waals surface area (Å²) >= 11 is 0. The van der Waals surface area contributed by atoms with Gasteiger partial charge in [0.05, 0.1) is 17.8 Å². The molecule has 1 heterocycles. The van der Waals surface area contributed by atoms with E-state index in [1.54, 1.807) is 0 Å². The molecule has 0 fully saturated rings. The van der Waals surface area contributed by atoms with Crippen LogP contribution < -0.4 is 10.1 Å². The largest absolute Gasteiger partial charge is 0.489 e. The first-order valence-electron chi connectivity index (χ1n) is 4.75. The predicted octanol–water partition coefficient (Wildman–Crippen LogP) is 1.76. The number of hydrogen-bond donors (Lipinski definition) is 2. The molecule has 76 valence electrons. The van der Waals surface area contributed by atoms with Crippen LogP contribution in [0.3, 0.4) is 0 Å². The van der Waals surface area contributed by atoms with E-state index in [2.05, 4.69) is 19.2 Å². The van der Waals surface area contributed by atoms with E-state index < -0.39 is 0 Å². The fourth-order valence-electron chi connectivity index (χ4n) is 1.56. The Morgan fingerprint density at radius 2 is 2.29 bits per heavy atom. The molecule has 0 atom stereocenters. The van der Waals surface area contributed by atoms with Crippen molar-refractivity contribution in [1.29, 1.82) is 0 Å². The van der Waals surface area contributed by atoms with Crippen LogP contribution in [0.4, 0.5) is 5.69 Å². The topological polar surface area (TPSA) is 41.5 Å². The van der Waals surface area contributed by atoms with Gasteiger partial charge in [0.1, 0.15) is 12.4 Å². The standard InChI is InChI=1S/C11H15NO2/c1-11(2)7-14-10-4-3-8(6-13)5-9(10)12-11/h3-5,12-13H,6-7H2,1-2H3. The molecule has 0 saturated heterocycles. The number of hydrogen-bond acceptors (Lipinski definition) is 3. The van der Waals surface area contributed by atoms with Crippen molar-refractivity contribution in [2.75, 3.05) is 11.9 Å². The molecule has 1 aromatic rings. The molecule has 0 saturated carbocycles. The van der Waals surface area contributed by atoms with E-state index in [0.717, 1.165) is 17.0 Å². The SMILES string of the molecule is CC1(C)COc2ccc(CO)cc2N1. The van der Waals surface area contributed by atoms with Crippen molar-refractivity contribution in [3.8, 4) is 5.75 Å². The van der Waals surface area contributed by atoms with Gasteiger partial charge in [0.15, 0.2) is 0 Å². The van der Waals surface area contributed by atoms with Crippen LogP contribution in [0, 0.1) is 0 Å². The van der Waals surface area contributed by atoms with Crippen LogP contribution >= 0.6 is 0 Å². The number of anilines is 1. The third-order valence-electron chi connectivity index (χ3n) is 2.29. The van der Waals surface area contributed by atoms with E-state index >= 15 is 0 Å². The van der Waals surface area contributed by atoms with Crippen molar-refractivity contribution in [2.45, 2.75) is 26.0 Å². The molecule has 1 aliphatic rings. The van der Waals surface area contributed by atoms with Gasteiger partial charge in [-0.3, -0.25) is 0 Å². The lowest BCUT2D eigenvalue weighted by Gasteiger charge is -2.33. The maximum atomic E-state index is 9.00. The molecule has 3 heteroatoms. The predicted molar refractivity (Wildman–Crippen MR) is 55.6 cm³/mol. The molecule has 0 unspecified atom stereocenters. The quantitative estimate of drug-likeness (QED) is 0.714. The minimum atomic E-state index is -0.0406. The average molecular weight is 193 g/mol. The maximum absolute atomic E-state index is 9.00. The lowest BCUT2D eigenvalue weighted by Crippen LogP contribution is -2.40. The van der Waals surface area contributed by atoms with Crippen molar-refractivity contribution in [3.05, 3.63) is 23.8 Å². The van der Waals surface area contributed by atoms with Gasteiger partial charge in [-0.15, -0.1) is 0 Å². The molecular weight excluding hydrogens is 178 g/mol. The van der Waals surface area contributed by atoms with Crippen LogP contribution in [0.5, 0.6) is 5.75 Å². The summed E-state index contributed by atoms with van der Waals surface area (Å²) in [5.74, 6) is 0.863. The summed E-state index contributed by atoms with van der Waals surface area (Å²) in [6, 6.07) is 5.69. The van der Waals surface area contributed by atoms with E-state index in [0.29, 0.717) is 6.61 Å². The van der Waals surface area contributed by atoms with Crippen LogP contribution in [0.2, 0.25) is 0 Å². The second-order valence-electron chi connectivity index (χ2n) is 4.29. The van der Waals surface area contributed by atoms with E-state index in [9.17, 15) is 0 Å². The fraction of sp³-hybridized carbons (Fsp3) is 0.455. The number of fused-ring (bicyclic) bond motifs is 1. The van der Waals surface area contributed by atoms with Gasteiger partial charge < -0.3 is 15.2 Å². The van der Waals surface area contributed by atoms with Crippen molar-refractivity contribution < 1.29 is 9.84 Å². The first-order valence-corrected chi connectivity index (χ1v) is 4.75. The Kier molecular flexibility index (Phi) is 2.11. The third-order valence-corrected chi connectivity index (χ3v) is 2.29. The van der Waals surface area contributed by atoms with E-state index in [1.165, 1.54) is 0 Å². The van der Waals surface area contributed by atoms with Crippen LogP contribution in [-0.2, 0) is 6.61 Å². The Morgan fingerprint density at radius 3 is 3.00 bits per heavy atom. The Morgan fingerprint density at radius 1 is 1.50 bits per heavy atom. The number of benzene rings is 1. The molecule has 3 nitrogen and oxygen atoms in total. The van der Waals surface area contributed by atoms with E-state index in [1.807, 2.05) is 18.2 Å². The lowest BCUT2D eigenvalue weighted by molar-refractivity contribution is 0.241. The number of aliphatic hydroxyl groups is 1. The Balaban J connectivity index is 2.34.